The summed E-state index contributed by atoms with van der Waals surface area (Å²) in [6.07, 6.45) is 3.99. The predicted molar refractivity (Wildman–Crippen MR) is 40.0 cm³/mol. The fourth-order valence-electron chi connectivity index (χ4n) is 2.43. The highest BCUT2D eigenvalue weighted by Crippen LogP contribution is 2.40. The normalized spacial score (nSPS) is 45.9. The van der Waals surface area contributed by atoms with Crippen LogP contribution in [0.5, 0.6) is 0 Å². The average molecular weight is 141 g/mol. The molecule has 2 atom stereocenters. The van der Waals surface area contributed by atoms with E-state index in [2.05, 4.69) is 5.32 Å². The van der Waals surface area contributed by atoms with Crippen molar-refractivity contribution in [3.8, 4) is 0 Å². The van der Waals surface area contributed by atoms with Gasteiger partial charge in [0, 0.05) is 26.1 Å². The molecule has 2 heteroatoms. The molecule has 58 valence electrons. The van der Waals surface area contributed by atoms with Crippen LogP contribution in [-0.2, 0) is 4.74 Å². The van der Waals surface area contributed by atoms with Gasteiger partial charge >= 0.3 is 0 Å². The molecule has 1 N–H and O–H groups in total. The standard InChI is InChI=1S/C8H15NO/c1-10-8-4-2-3-7(8)5-9-6-8/h7,9H,2-6H2,1H3. The summed E-state index contributed by atoms with van der Waals surface area (Å²) < 4.78 is 5.56. The number of hydrogen-bond acceptors (Lipinski definition) is 2. The van der Waals surface area contributed by atoms with E-state index in [1.807, 2.05) is 7.11 Å². The second kappa shape index (κ2) is 2.21. The Kier molecular flexibility index (Phi) is 1.46. The maximum absolute atomic E-state index is 5.56. The summed E-state index contributed by atoms with van der Waals surface area (Å²) in [4.78, 5) is 0. The van der Waals surface area contributed by atoms with Crippen molar-refractivity contribution in [3.05, 3.63) is 0 Å². The third kappa shape index (κ3) is 0.722. The Morgan fingerprint density at radius 1 is 1.60 bits per heavy atom. The summed E-state index contributed by atoms with van der Waals surface area (Å²) in [6, 6.07) is 0. The van der Waals surface area contributed by atoms with Crippen LogP contribution in [0.1, 0.15) is 19.3 Å². The lowest BCUT2D eigenvalue weighted by Gasteiger charge is -2.26. The number of rotatable bonds is 1. The molecule has 1 aliphatic heterocycles. The van der Waals surface area contributed by atoms with Gasteiger partial charge in [-0.1, -0.05) is 6.42 Å². The van der Waals surface area contributed by atoms with Crippen LogP contribution in [0.2, 0.25) is 0 Å². The zero-order valence-electron chi connectivity index (χ0n) is 6.52. The smallest absolute Gasteiger partial charge is 0.0842 e. The fraction of sp³-hybridized carbons (Fsp3) is 1.00. The number of nitrogens with one attached hydrogen (secondary N) is 1. The molecule has 2 aliphatic rings. The monoisotopic (exact) mass is 141 g/mol. The first-order chi connectivity index (χ1) is 4.87. The van der Waals surface area contributed by atoms with Crippen molar-refractivity contribution in [2.45, 2.75) is 24.9 Å². The molecule has 0 radical (unpaired) electrons. The number of hydrogen-bond donors (Lipinski definition) is 1. The summed E-state index contributed by atoms with van der Waals surface area (Å²) >= 11 is 0. The first-order valence-corrected chi connectivity index (χ1v) is 4.13. The lowest BCUT2D eigenvalue weighted by Crippen LogP contribution is -2.35. The SMILES string of the molecule is COC12CCCC1CNC2. The minimum Gasteiger partial charge on any atom is -0.377 e. The van der Waals surface area contributed by atoms with Crippen LogP contribution in [0, 0.1) is 5.92 Å². The molecule has 0 aromatic carbocycles. The molecule has 1 aliphatic carbocycles. The third-order valence-electron chi connectivity index (χ3n) is 3.12. The fourth-order valence-corrected chi connectivity index (χ4v) is 2.43. The summed E-state index contributed by atoms with van der Waals surface area (Å²) in [5.41, 5.74) is 0.236. The Balaban J connectivity index is 2.15. The molecule has 0 bridgehead atoms. The first kappa shape index (κ1) is 6.62. The molecular weight excluding hydrogens is 126 g/mol. The van der Waals surface area contributed by atoms with Gasteiger partial charge in [-0.05, 0) is 12.8 Å². The molecule has 0 spiro atoms. The van der Waals surface area contributed by atoms with E-state index in [4.69, 9.17) is 4.74 Å². The lowest BCUT2D eigenvalue weighted by atomic mass is 9.95. The maximum Gasteiger partial charge on any atom is 0.0842 e. The van der Waals surface area contributed by atoms with E-state index in [1.165, 1.54) is 25.8 Å². The number of fused-ring (bicyclic) bond motifs is 1. The minimum absolute atomic E-state index is 0.236. The van der Waals surface area contributed by atoms with E-state index in [0.717, 1.165) is 12.5 Å². The van der Waals surface area contributed by atoms with E-state index in [-0.39, 0.29) is 5.60 Å². The van der Waals surface area contributed by atoms with Crippen molar-refractivity contribution in [3.63, 3.8) is 0 Å². The van der Waals surface area contributed by atoms with Crippen molar-refractivity contribution >= 4 is 0 Å². The van der Waals surface area contributed by atoms with Crippen LogP contribution in [0.25, 0.3) is 0 Å². The molecule has 2 unspecified atom stereocenters. The zero-order valence-corrected chi connectivity index (χ0v) is 6.52. The van der Waals surface area contributed by atoms with E-state index < -0.39 is 0 Å². The van der Waals surface area contributed by atoms with Crippen molar-refractivity contribution in [1.82, 2.24) is 5.32 Å². The van der Waals surface area contributed by atoms with Crippen molar-refractivity contribution in [1.29, 1.82) is 0 Å². The molecule has 0 aromatic heterocycles. The first-order valence-electron chi connectivity index (χ1n) is 4.13. The van der Waals surface area contributed by atoms with Crippen LogP contribution in [0.15, 0.2) is 0 Å². The van der Waals surface area contributed by atoms with Crippen LogP contribution >= 0.6 is 0 Å². The Bertz CT molecular complexity index is 125. The van der Waals surface area contributed by atoms with Crippen LogP contribution in [-0.4, -0.2) is 25.8 Å². The average Bonchev–Trinajstić information content (AvgIpc) is 2.42. The van der Waals surface area contributed by atoms with Gasteiger partial charge in [0.05, 0.1) is 5.60 Å². The Morgan fingerprint density at radius 2 is 2.50 bits per heavy atom. The van der Waals surface area contributed by atoms with Crippen molar-refractivity contribution < 1.29 is 4.74 Å². The van der Waals surface area contributed by atoms with E-state index in [9.17, 15) is 0 Å². The topological polar surface area (TPSA) is 21.3 Å². The Morgan fingerprint density at radius 3 is 3.20 bits per heavy atom. The second-order valence-electron chi connectivity index (χ2n) is 3.49. The van der Waals surface area contributed by atoms with E-state index in [0.29, 0.717) is 0 Å². The molecule has 2 nitrogen and oxygen atoms in total. The highest BCUT2D eigenvalue weighted by atomic mass is 16.5. The van der Waals surface area contributed by atoms with Crippen molar-refractivity contribution in [2.24, 2.45) is 5.92 Å². The summed E-state index contributed by atoms with van der Waals surface area (Å²) in [5, 5.41) is 3.39. The largest absolute Gasteiger partial charge is 0.377 e. The van der Waals surface area contributed by atoms with E-state index in [1.54, 1.807) is 0 Å². The number of ether oxygens (including phenoxy) is 1. The van der Waals surface area contributed by atoms with Crippen molar-refractivity contribution in [2.75, 3.05) is 20.2 Å². The molecule has 1 saturated carbocycles. The number of methoxy groups -OCH3 is 1. The van der Waals surface area contributed by atoms with Gasteiger partial charge < -0.3 is 10.1 Å². The Labute approximate surface area is 61.9 Å². The van der Waals surface area contributed by atoms with Gasteiger partial charge in [0.25, 0.3) is 0 Å². The van der Waals surface area contributed by atoms with Gasteiger partial charge in [0.1, 0.15) is 0 Å². The summed E-state index contributed by atoms with van der Waals surface area (Å²) in [7, 11) is 1.85. The van der Waals surface area contributed by atoms with Gasteiger partial charge in [0.2, 0.25) is 0 Å². The van der Waals surface area contributed by atoms with Crippen LogP contribution in [0.3, 0.4) is 0 Å². The third-order valence-corrected chi connectivity index (χ3v) is 3.12. The van der Waals surface area contributed by atoms with Gasteiger partial charge in [-0.15, -0.1) is 0 Å². The second-order valence-corrected chi connectivity index (χ2v) is 3.49. The molecule has 0 aromatic rings. The van der Waals surface area contributed by atoms with Crippen LogP contribution < -0.4 is 5.32 Å². The molecule has 10 heavy (non-hydrogen) atoms. The van der Waals surface area contributed by atoms with Crippen LogP contribution in [0.4, 0.5) is 0 Å². The Hall–Kier alpha value is -0.0800. The molecule has 1 saturated heterocycles. The van der Waals surface area contributed by atoms with Gasteiger partial charge in [-0.3, -0.25) is 0 Å². The summed E-state index contributed by atoms with van der Waals surface area (Å²) in [6.45, 7) is 2.25. The lowest BCUT2D eigenvalue weighted by molar-refractivity contribution is -0.0118. The molecular formula is C8H15NO. The molecule has 0 amide bonds. The molecule has 1 heterocycles. The van der Waals surface area contributed by atoms with Gasteiger partial charge in [-0.25, -0.2) is 0 Å². The van der Waals surface area contributed by atoms with Gasteiger partial charge in [0.15, 0.2) is 0 Å². The predicted octanol–water partition coefficient (Wildman–Crippen LogP) is 0.775. The molecule has 2 rings (SSSR count). The maximum atomic E-state index is 5.56. The highest BCUT2D eigenvalue weighted by molar-refractivity contribution is 5.01. The molecule has 2 fully saturated rings. The highest BCUT2D eigenvalue weighted by Gasteiger charge is 2.46. The zero-order chi connectivity index (χ0) is 7.03. The minimum atomic E-state index is 0.236. The summed E-state index contributed by atoms with van der Waals surface area (Å²) in [5.74, 6) is 0.803. The van der Waals surface area contributed by atoms with Gasteiger partial charge in [-0.2, -0.15) is 0 Å². The van der Waals surface area contributed by atoms with E-state index >= 15 is 0 Å². The quantitative estimate of drug-likeness (QED) is 0.582.